The van der Waals surface area contributed by atoms with E-state index in [0.717, 1.165) is 18.7 Å². The first-order valence-electron chi connectivity index (χ1n) is 10.6. The Hall–Kier alpha value is -3.76. The molecule has 2 heterocycles. The summed E-state index contributed by atoms with van der Waals surface area (Å²) in [4.78, 5) is 60.8. The molecular weight excluding hydrogens is 506 g/mol. The minimum absolute atomic E-state index is 0.0128. The normalized spacial score (nSPS) is 19.0. The molecule has 196 valence electrons. The van der Waals surface area contributed by atoms with Crippen molar-refractivity contribution in [2.75, 3.05) is 19.7 Å². The van der Waals surface area contributed by atoms with E-state index in [4.69, 9.17) is 18.8 Å². The Balaban J connectivity index is 1.52. The van der Waals surface area contributed by atoms with Gasteiger partial charge in [0.1, 0.15) is 12.6 Å². The van der Waals surface area contributed by atoms with Crippen LogP contribution in [-0.2, 0) is 33.8 Å². The molecule has 2 aliphatic rings. The van der Waals surface area contributed by atoms with Gasteiger partial charge in [-0.1, -0.05) is 0 Å². The lowest BCUT2D eigenvalue weighted by molar-refractivity contribution is -0.149. The second-order valence-corrected chi connectivity index (χ2v) is 8.79. The topological polar surface area (TPSA) is 195 Å². The van der Waals surface area contributed by atoms with Crippen molar-refractivity contribution >= 4 is 40.2 Å². The van der Waals surface area contributed by atoms with Gasteiger partial charge in [0.2, 0.25) is 0 Å². The van der Waals surface area contributed by atoms with Crippen molar-refractivity contribution in [2.45, 2.75) is 38.8 Å². The smallest absolute Gasteiger partial charge is 0.418 e. The van der Waals surface area contributed by atoms with Crippen LogP contribution in [0, 0.1) is 0 Å². The number of hydroxylamine groups is 2. The molecule has 3 rings (SSSR count). The zero-order chi connectivity index (χ0) is 26.6. The lowest BCUT2D eigenvalue weighted by Gasteiger charge is -2.28. The molecule has 2 N–H and O–H groups in total. The van der Waals surface area contributed by atoms with E-state index < -0.39 is 52.3 Å². The third-order valence-corrected chi connectivity index (χ3v) is 5.46. The van der Waals surface area contributed by atoms with E-state index in [0.29, 0.717) is 5.06 Å². The van der Waals surface area contributed by atoms with Crippen molar-refractivity contribution in [1.82, 2.24) is 15.3 Å². The number of ether oxygens (including phenoxy) is 3. The highest BCUT2D eigenvalue weighted by Gasteiger charge is 2.49. The second-order valence-electron chi connectivity index (χ2n) is 7.78. The quantitative estimate of drug-likeness (QED) is 0.185. The maximum atomic E-state index is 12.5. The lowest BCUT2D eigenvalue weighted by Crippen LogP contribution is -2.46. The standard InChI is InChI=1S/C20H23N3O12S/c1-11(24)33-16-6-3-13(9-17(16)34-12(2)25)18(26)21-7-8-32-19(27)15-5-4-14-10-22(15)20(28)23(14)35-36(29,30)31/h3,6,9,14-15H,4-5,7-8,10H2,1-2H3,(H,21,26)(H,29,30,31)/t14-,15+/m1/s1. The van der Waals surface area contributed by atoms with Gasteiger partial charge in [-0.3, -0.25) is 18.9 Å². The van der Waals surface area contributed by atoms with E-state index in [2.05, 4.69) is 9.60 Å². The fourth-order valence-electron chi connectivity index (χ4n) is 3.71. The molecule has 0 saturated carbocycles. The van der Waals surface area contributed by atoms with Gasteiger partial charge in [0.25, 0.3) is 5.91 Å². The molecule has 0 spiro atoms. The summed E-state index contributed by atoms with van der Waals surface area (Å²) >= 11 is 0. The Morgan fingerprint density at radius 3 is 2.39 bits per heavy atom. The average Bonchev–Trinajstić information content (AvgIpc) is 3.00. The molecule has 0 aromatic heterocycles. The third kappa shape index (κ3) is 6.67. The highest BCUT2D eigenvalue weighted by Crippen LogP contribution is 2.31. The van der Waals surface area contributed by atoms with E-state index in [1.54, 1.807) is 0 Å². The van der Waals surface area contributed by atoms with Gasteiger partial charge in [0.15, 0.2) is 11.5 Å². The van der Waals surface area contributed by atoms with Gasteiger partial charge in [-0.25, -0.2) is 9.59 Å². The number of amides is 3. The van der Waals surface area contributed by atoms with Crippen LogP contribution < -0.4 is 14.8 Å². The summed E-state index contributed by atoms with van der Waals surface area (Å²) in [7, 11) is -4.91. The molecule has 2 bridgehead atoms. The second kappa shape index (κ2) is 10.9. The van der Waals surface area contributed by atoms with Crippen LogP contribution in [0.1, 0.15) is 37.0 Å². The Morgan fingerprint density at radius 2 is 1.75 bits per heavy atom. The molecule has 0 aliphatic carbocycles. The number of hydrogen-bond donors (Lipinski definition) is 2. The van der Waals surface area contributed by atoms with Crippen LogP contribution in [0.4, 0.5) is 4.79 Å². The molecule has 0 radical (unpaired) electrons. The minimum Gasteiger partial charge on any atom is -0.462 e. The van der Waals surface area contributed by atoms with Crippen LogP contribution >= 0.6 is 0 Å². The predicted molar refractivity (Wildman–Crippen MR) is 116 cm³/mol. The molecule has 36 heavy (non-hydrogen) atoms. The summed E-state index contributed by atoms with van der Waals surface area (Å²) in [6.45, 7) is 1.98. The number of carbonyl (C=O) groups excluding carboxylic acids is 5. The van der Waals surface area contributed by atoms with Crippen LogP contribution in [0.5, 0.6) is 11.5 Å². The van der Waals surface area contributed by atoms with Crippen LogP contribution in [0.15, 0.2) is 18.2 Å². The first-order valence-corrected chi connectivity index (χ1v) is 11.9. The summed E-state index contributed by atoms with van der Waals surface area (Å²) in [6, 6.07) is 1.30. The Labute approximate surface area is 205 Å². The first-order chi connectivity index (χ1) is 16.9. The van der Waals surface area contributed by atoms with E-state index in [-0.39, 0.29) is 49.6 Å². The number of nitrogens with zero attached hydrogens (tertiary/aromatic N) is 2. The molecule has 1 aromatic carbocycles. The number of rotatable bonds is 9. The summed E-state index contributed by atoms with van der Waals surface area (Å²) in [5.41, 5.74) is 0.0772. The molecule has 2 fully saturated rings. The van der Waals surface area contributed by atoms with Gasteiger partial charge >= 0.3 is 34.3 Å². The molecule has 2 aliphatic heterocycles. The predicted octanol–water partition coefficient (Wildman–Crippen LogP) is -0.187. The Bertz CT molecular complexity index is 1180. The third-order valence-electron chi connectivity index (χ3n) is 5.11. The van der Waals surface area contributed by atoms with E-state index in [1.165, 1.54) is 18.2 Å². The van der Waals surface area contributed by atoms with Gasteiger partial charge in [0, 0.05) is 26.0 Å². The zero-order valence-corrected chi connectivity index (χ0v) is 20.0. The number of urea groups is 1. The SMILES string of the molecule is CC(=O)Oc1ccc(C(=O)NCCOC(=O)[C@@H]2CC[C@@H]3CN2C(=O)N3OS(=O)(=O)O)cc1OC(C)=O. The Kier molecular flexibility index (Phi) is 8.11. The van der Waals surface area contributed by atoms with E-state index in [1.807, 2.05) is 0 Å². The summed E-state index contributed by atoms with van der Waals surface area (Å²) in [6.07, 6.45) is 0.419. The average molecular weight is 529 g/mol. The number of benzene rings is 1. The van der Waals surface area contributed by atoms with Gasteiger partial charge in [-0.05, 0) is 31.0 Å². The molecular formula is C20H23N3O12S. The number of fused-ring (bicyclic) bond motifs is 2. The molecule has 0 unspecified atom stereocenters. The molecule has 15 nitrogen and oxygen atoms in total. The van der Waals surface area contributed by atoms with Crippen molar-refractivity contribution in [1.29, 1.82) is 0 Å². The largest absolute Gasteiger partial charge is 0.462 e. The summed E-state index contributed by atoms with van der Waals surface area (Å²) in [5, 5.41) is 3.02. The van der Waals surface area contributed by atoms with Crippen molar-refractivity contribution in [3.8, 4) is 11.5 Å². The number of esters is 3. The first kappa shape index (κ1) is 26.8. The maximum absolute atomic E-state index is 12.5. The fraction of sp³-hybridized carbons (Fsp3) is 0.450. The maximum Gasteiger partial charge on any atom is 0.418 e. The lowest BCUT2D eigenvalue weighted by atomic mass is 10.0. The van der Waals surface area contributed by atoms with Crippen LogP contribution in [0.2, 0.25) is 0 Å². The van der Waals surface area contributed by atoms with Gasteiger partial charge in [-0.2, -0.15) is 13.5 Å². The van der Waals surface area contributed by atoms with Gasteiger partial charge < -0.3 is 24.4 Å². The van der Waals surface area contributed by atoms with Crippen molar-refractivity contribution in [3.05, 3.63) is 23.8 Å². The number of piperidine rings is 1. The molecule has 2 atom stereocenters. The summed E-state index contributed by atoms with van der Waals surface area (Å²) in [5.74, 6) is -2.87. The number of carbonyl (C=O) groups is 5. The zero-order valence-electron chi connectivity index (χ0n) is 19.2. The van der Waals surface area contributed by atoms with Crippen molar-refractivity contribution < 1.29 is 55.4 Å². The number of nitrogens with one attached hydrogen (secondary N) is 1. The van der Waals surface area contributed by atoms with Gasteiger partial charge in [-0.15, -0.1) is 4.28 Å². The molecule has 16 heteroatoms. The van der Waals surface area contributed by atoms with E-state index in [9.17, 15) is 32.4 Å². The fourth-order valence-corrected chi connectivity index (χ4v) is 4.10. The van der Waals surface area contributed by atoms with Crippen LogP contribution in [0.25, 0.3) is 0 Å². The van der Waals surface area contributed by atoms with Crippen LogP contribution in [-0.4, -0.2) is 84.6 Å². The van der Waals surface area contributed by atoms with Crippen molar-refractivity contribution in [2.24, 2.45) is 0 Å². The minimum atomic E-state index is -4.91. The highest BCUT2D eigenvalue weighted by atomic mass is 32.3. The molecule has 3 amide bonds. The highest BCUT2D eigenvalue weighted by molar-refractivity contribution is 7.80. The summed E-state index contributed by atoms with van der Waals surface area (Å²) < 4.78 is 50.1. The van der Waals surface area contributed by atoms with Crippen LogP contribution in [0.3, 0.4) is 0 Å². The number of hydrogen-bond acceptors (Lipinski definition) is 11. The molecule has 2 saturated heterocycles. The van der Waals surface area contributed by atoms with Gasteiger partial charge in [0.05, 0.1) is 12.6 Å². The Morgan fingerprint density at radius 1 is 1.08 bits per heavy atom. The monoisotopic (exact) mass is 529 g/mol. The molecule has 1 aromatic rings. The van der Waals surface area contributed by atoms with Crippen molar-refractivity contribution in [3.63, 3.8) is 0 Å². The van der Waals surface area contributed by atoms with E-state index >= 15 is 0 Å².